The number of carbonyl (C=O) groups excluding carboxylic acids is 1. The third-order valence-corrected chi connectivity index (χ3v) is 4.88. The molecule has 5 heteroatoms. The molecule has 2 aliphatic rings. The summed E-state index contributed by atoms with van der Waals surface area (Å²) in [5, 5.41) is 3.22. The molecule has 1 N–H and O–H groups in total. The maximum Gasteiger partial charge on any atom is 0.317 e. The number of carbonyl (C=O) groups is 1. The van der Waals surface area contributed by atoms with Crippen LogP contribution in [0.25, 0.3) is 0 Å². The average molecular weight is 302 g/mol. The van der Waals surface area contributed by atoms with Gasteiger partial charge in [-0.1, -0.05) is 13.0 Å². The first kappa shape index (κ1) is 15.1. The Balaban J connectivity index is 1.46. The van der Waals surface area contributed by atoms with Crippen LogP contribution in [0.15, 0.2) is 24.4 Å². The predicted molar refractivity (Wildman–Crippen MR) is 88.0 cm³/mol. The fourth-order valence-electron chi connectivity index (χ4n) is 3.35. The van der Waals surface area contributed by atoms with Crippen LogP contribution >= 0.6 is 0 Å². The molecule has 0 bridgehead atoms. The summed E-state index contributed by atoms with van der Waals surface area (Å²) in [6.45, 7) is 5.55. The second-order valence-corrected chi connectivity index (χ2v) is 6.57. The molecule has 1 aliphatic heterocycles. The number of hydrogen-bond donors (Lipinski definition) is 1. The largest absolute Gasteiger partial charge is 0.353 e. The van der Waals surface area contributed by atoms with Crippen molar-refractivity contribution in [2.24, 2.45) is 5.92 Å². The van der Waals surface area contributed by atoms with E-state index in [1.165, 1.54) is 12.8 Å². The molecule has 0 unspecified atom stereocenters. The van der Waals surface area contributed by atoms with Gasteiger partial charge in [-0.05, 0) is 43.7 Å². The molecule has 1 aliphatic carbocycles. The van der Waals surface area contributed by atoms with Gasteiger partial charge >= 0.3 is 6.03 Å². The van der Waals surface area contributed by atoms with Crippen molar-refractivity contribution < 1.29 is 4.79 Å². The minimum absolute atomic E-state index is 0.111. The number of anilines is 1. The number of nitrogens with one attached hydrogen (secondary N) is 1. The molecule has 2 heterocycles. The molecule has 1 aromatic heterocycles. The average Bonchev–Trinajstić information content (AvgIpc) is 2.58. The molecule has 0 atom stereocenters. The van der Waals surface area contributed by atoms with Crippen molar-refractivity contribution in [3.05, 3.63) is 24.4 Å². The van der Waals surface area contributed by atoms with Crippen LogP contribution in [0.3, 0.4) is 0 Å². The number of hydrogen-bond acceptors (Lipinski definition) is 3. The van der Waals surface area contributed by atoms with E-state index in [1.807, 2.05) is 29.3 Å². The van der Waals surface area contributed by atoms with Crippen LogP contribution < -0.4 is 10.2 Å². The molecule has 3 rings (SSSR count). The van der Waals surface area contributed by atoms with E-state index in [4.69, 9.17) is 0 Å². The van der Waals surface area contributed by atoms with Gasteiger partial charge in [-0.3, -0.25) is 0 Å². The standard InChI is InChI=1S/C17H26N4O/c1-14-5-7-15(8-6-14)19-17(22)21-12-10-20(11-13-21)16-4-2-3-9-18-16/h2-4,9,14-15H,5-8,10-13H2,1H3,(H,19,22). The first-order valence-electron chi connectivity index (χ1n) is 8.44. The Morgan fingerprint density at radius 3 is 2.50 bits per heavy atom. The summed E-state index contributed by atoms with van der Waals surface area (Å²) in [5.74, 6) is 1.82. The van der Waals surface area contributed by atoms with Crippen molar-refractivity contribution in [2.45, 2.75) is 38.6 Å². The van der Waals surface area contributed by atoms with Gasteiger partial charge in [0, 0.05) is 38.4 Å². The summed E-state index contributed by atoms with van der Waals surface area (Å²) >= 11 is 0. The second kappa shape index (κ2) is 6.99. The van der Waals surface area contributed by atoms with Gasteiger partial charge in [-0.25, -0.2) is 9.78 Å². The lowest BCUT2D eigenvalue weighted by Gasteiger charge is -2.36. The number of pyridine rings is 1. The Morgan fingerprint density at radius 1 is 1.14 bits per heavy atom. The summed E-state index contributed by atoms with van der Waals surface area (Å²) in [4.78, 5) is 20.9. The summed E-state index contributed by atoms with van der Waals surface area (Å²) in [7, 11) is 0. The van der Waals surface area contributed by atoms with E-state index in [2.05, 4.69) is 22.1 Å². The Hall–Kier alpha value is -1.78. The Kier molecular flexibility index (Phi) is 4.80. The summed E-state index contributed by atoms with van der Waals surface area (Å²) in [6.07, 6.45) is 6.54. The molecule has 1 saturated carbocycles. The van der Waals surface area contributed by atoms with Gasteiger partial charge in [-0.2, -0.15) is 0 Å². The highest BCUT2D eigenvalue weighted by molar-refractivity contribution is 5.74. The van der Waals surface area contributed by atoms with Crippen LogP contribution in [0.2, 0.25) is 0 Å². The number of urea groups is 1. The third kappa shape index (κ3) is 3.70. The van der Waals surface area contributed by atoms with Crippen LogP contribution in [0, 0.1) is 5.92 Å². The highest BCUT2D eigenvalue weighted by Crippen LogP contribution is 2.23. The highest BCUT2D eigenvalue weighted by Gasteiger charge is 2.25. The number of aromatic nitrogens is 1. The molecule has 0 radical (unpaired) electrons. The van der Waals surface area contributed by atoms with Gasteiger partial charge in [0.15, 0.2) is 0 Å². The van der Waals surface area contributed by atoms with Crippen LogP contribution in [-0.4, -0.2) is 48.1 Å². The Labute approximate surface area is 132 Å². The van der Waals surface area contributed by atoms with Crippen LogP contribution in [-0.2, 0) is 0 Å². The topological polar surface area (TPSA) is 48.5 Å². The molecular formula is C17H26N4O. The molecule has 2 amide bonds. The van der Waals surface area contributed by atoms with Gasteiger partial charge < -0.3 is 15.1 Å². The lowest BCUT2D eigenvalue weighted by atomic mass is 9.87. The molecule has 0 spiro atoms. The first-order chi connectivity index (χ1) is 10.7. The lowest BCUT2D eigenvalue weighted by molar-refractivity contribution is 0.184. The van der Waals surface area contributed by atoms with E-state index < -0.39 is 0 Å². The molecule has 0 aromatic carbocycles. The van der Waals surface area contributed by atoms with Crippen molar-refractivity contribution in [3.63, 3.8) is 0 Å². The van der Waals surface area contributed by atoms with E-state index in [1.54, 1.807) is 0 Å². The smallest absolute Gasteiger partial charge is 0.317 e. The SMILES string of the molecule is CC1CCC(NC(=O)N2CCN(c3ccccn3)CC2)CC1. The normalized spacial score (nSPS) is 25.9. The molecule has 22 heavy (non-hydrogen) atoms. The summed E-state index contributed by atoms with van der Waals surface area (Å²) < 4.78 is 0. The number of nitrogens with zero attached hydrogens (tertiary/aromatic N) is 3. The summed E-state index contributed by atoms with van der Waals surface area (Å²) in [5.41, 5.74) is 0. The number of amides is 2. The number of piperazine rings is 1. The monoisotopic (exact) mass is 302 g/mol. The minimum atomic E-state index is 0.111. The highest BCUT2D eigenvalue weighted by atomic mass is 16.2. The molecular weight excluding hydrogens is 276 g/mol. The van der Waals surface area contributed by atoms with E-state index in [-0.39, 0.29) is 6.03 Å². The van der Waals surface area contributed by atoms with E-state index in [9.17, 15) is 4.79 Å². The van der Waals surface area contributed by atoms with Gasteiger partial charge in [-0.15, -0.1) is 0 Å². The van der Waals surface area contributed by atoms with Crippen molar-refractivity contribution in [3.8, 4) is 0 Å². The zero-order valence-electron chi connectivity index (χ0n) is 13.4. The van der Waals surface area contributed by atoms with E-state index in [0.29, 0.717) is 6.04 Å². The quantitative estimate of drug-likeness (QED) is 0.913. The Bertz CT molecular complexity index is 477. The van der Waals surface area contributed by atoms with E-state index >= 15 is 0 Å². The number of rotatable bonds is 2. The molecule has 120 valence electrons. The molecule has 2 fully saturated rings. The minimum Gasteiger partial charge on any atom is -0.353 e. The van der Waals surface area contributed by atoms with Crippen molar-refractivity contribution in [2.75, 3.05) is 31.1 Å². The maximum absolute atomic E-state index is 12.4. The van der Waals surface area contributed by atoms with Gasteiger partial charge in [0.2, 0.25) is 0 Å². The summed E-state index contributed by atoms with van der Waals surface area (Å²) in [6, 6.07) is 6.44. The van der Waals surface area contributed by atoms with Crippen molar-refractivity contribution in [1.82, 2.24) is 15.2 Å². The van der Waals surface area contributed by atoms with Crippen molar-refractivity contribution in [1.29, 1.82) is 0 Å². The van der Waals surface area contributed by atoms with Crippen LogP contribution in [0.4, 0.5) is 10.6 Å². The maximum atomic E-state index is 12.4. The predicted octanol–water partition coefficient (Wildman–Crippen LogP) is 2.49. The molecule has 1 saturated heterocycles. The fourth-order valence-corrected chi connectivity index (χ4v) is 3.35. The van der Waals surface area contributed by atoms with Crippen LogP contribution in [0.1, 0.15) is 32.6 Å². The zero-order chi connectivity index (χ0) is 15.4. The van der Waals surface area contributed by atoms with Gasteiger partial charge in [0.1, 0.15) is 5.82 Å². The van der Waals surface area contributed by atoms with Gasteiger partial charge in [0.25, 0.3) is 0 Å². The Morgan fingerprint density at radius 2 is 1.86 bits per heavy atom. The van der Waals surface area contributed by atoms with Gasteiger partial charge in [0.05, 0.1) is 0 Å². The zero-order valence-corrected chi connectivity index (χ0v) is 13.4. The molecule has 1 aromatic rings. The second-order valence-electron chi connectivity index (χ2n) is 6.57. The third-order valence-electron chi connectivity index (χ3n) is 4.88. The van der Waals surface area contributed by atoms with Crippen LogP contribution in [0.5, 0.6) is 0 Å². The molecule has 5 nitrogen and oxygen atoms in total. The van der Waals surface area contributed by atoms with Crippen molar-refractivity contribution >= 4 is 11.8 Å². The lowest BCUT2D eigenvalue weighted by Crippen LogP contribution is -2.54. The van der Waals surface area contributed by atoms with E-state index in [0.717, 1.165) is 50.8 Å². The fraction of sp³-hybridized carbons (Fsp3) is 0.647. The first-order valence-corrected chi connectivity index (χ1v) is 8.44.